The molecule has 78 valence electrons. The van der Waals surface area contributed by atoms with Crippen LogP contribution in [0.2, 0.25) is 5.15 Å². The second-order valence-electron chi connectivity index (χ2n) is 2.91. The number of likely N-dealkylation sites (N-methyl/N-ethyl adjacent to an activating group) is 1. The molecule has 3 nitrogen and oxygen atoms in total. The predicted molar refractivity (Wildman–Crippen MR) is 59.0 cm³/mol. The van der Waals surface area contributed by atoms with Crippen molar-refractivity contribution in [1.29, 1.82) is 0 Å². The van der Waals surface area contributed by atoms with Crippen molar-refractivity contribution in [2.24, 2.45) is 0 Å². The van der Waals surface area contributed by atoms with Crippen molar-refractivity contribution in [3.63, 3.8) is 0 Å². The van der Waals surface area contributed by atoms with Gasteiger partial charge in [0.15, 0.2) is 0 Å². The molecule has 0 saturated heterocycles. The van der Waals surface area contributed by atoms with Crippen LogP contribution in [-0.2, 0) is 4.74 Å². The van der Waals surface area contributed by atoms with E-state index in [9.17, 15) is 0 Å². The Hall–Kier alpha value is -0.800. The second kappa shape index (κ2) is 5.83. The number of pyridine rings is 1. The molecular weight excluding hydrogens is 200 g/mol. The normalized spacial score (nSPS) is 10.2. The van der Waals surface area contributed by atoms with Crippen LogP contribution in [0.4, 0.5) is 5.69 Å². The summed E-state index contributed by atoms with van der Waals surface area (Å²) >= 11 is 5.81. The van der Waals surface area contributed by atoms with E-state index >= 15 is 0 Å². The highest BCUT2D eigenvalue weighted by Gasteiger charge is 2.03. The zero-order chi connectivity index (χ0) is 10.4. The van der Waals surface area contributed by atoms with E-state index in [1.165, 1.54) is 0 Å². The third-order valence-corrected chi connectivity index (χ3v) is 2.23. The molecule has 0 spiro atoms. The van der Waals surface area contributed by atoms with Gasteiger partial charge in [-0.15, -0.1) is 0 Å². The van der Waals surface area contributed by atoms with Gasteiger partial charge in [-0.2, -0.15) is 0 Å². The number of ether oxygens (including phenoxy) is 1. The van der Waals surface area contributed by atoms with Crippen molar-refractivity contribution >= 4 is 17.3 Å². The first-order valence-corrected chi connectivity index (χ1v) is 5.01. The quantitative estimate of drug-likeness (QED) is 0.703. The summed E-state index contributed by atoms with van der Waals surface area (Å²) in [6.45, 7) is 4.62. The van der Waals surface area contributed by atoms with Crippen LogP contribution < -0.4 is 4.90 Å². The molecule has 0 N–H and O–H groups in total. The number of nitrogens with zero attached hydrogens (tertiary/aromatic N) is 2. The van der Waals surface area contributed by atoms with Gasteiger partial charge in [-0.1, -0.05) is 11.6 Å². The topological polar surface area (TPSA) is 25.4 Å². The Bertz CT molecular complexity index is 281. The van der Waals surface area contributed by atoms with E-state index in [4.69, 9.17) is 16.3 Å². The number of methoxy groups -OCH3 is 1. The van der Waals surface area contributed by atoms with Crippen molar-refractivity contribution in [2.45, 2.75) is 6.92 Å². The van der Waals surface area contributed by atoms with Crippen LogP contribution in [0.15, 0.2) is 18.3 Å². The predicted octanol–water partition coefficient (Wildman–Crippen LogP) is 2.21. The Morgan fingerprint density at radius 3 is 2.93 bits per heavy atom. The van der Waals surface area contributed by atoms with Gasteiger partial charge in [0.05, 0.1) is 6.61 Å². The average Bonchev–Trinajstić information content (AvgIpc) is 2.19. The van der Waals surface area contributed by atoms with Crippen molar-refractivity contribution < 1.29 is 4.74 Å². The Morgan fingerprint density at radius 2 is 2.36 bits per heavy atom. The van der Waals surface area contributed by atoms with Crippen LogP contribution >= 0.6 is 11.6 Å². The van der Waals surface area contributed by atoms with Gasteiger partial charge in [0.2, 0.25) is 0 Å². The lowest BCUT2D eigenvalue weighted by atomic mass is 10.3. The first-order valence-electron chi connectivity index (χ1n) is 4.63. The molecule has 1 rings (SSSR count). The van der Waals surface area contributed by atoms with Crippen LogP contribution in [0.5, 0.6) is 0 Å². The van der Waals surface area contributed by atoms with Crippen LogP contribution in [0.3, 0.4) is 0 Å². The molecule has 0 saturated carbocycles. The first kappa shape index (κ1) is 11.3. The van der Waals surface area contributed by atoms with E-state index in [0.717, 1.165) is 18.8 Å². The smallest absolute Gasteiger partial charge is 0.131 e. The van der Waals surface area contributed by atoms with Gasteiger partial charge in [-0.25, -0.2) is 4.98 Å². The number of hydrogen-bond donors (Lipinski definition) is 0. The number of halogens is 1. The van der Waals surface area contributed by atoms with Gasteiger partial charge in [0.25, 0.3) is 0 Å². The largest absolute Gasteiger partial charge is 0.383 e. The summed E-state index contributed by atoms with van der Waals surface area (Å²) < 4.78 is 5.04. The monoisotopic (exact) mass is 214 g/mol. The minimum Gasteiger partial charge on any atom is -0.383 e. The van der Waals surface area contributed by atoms with E-state index in [2.05, 4.69) is 16.8 Å². The lowest BCUT2D eigenvalue weighted by Gasteiger charge is -2.22. The van der Waals surface area contributed by atoms with Gasteiger partial charge in [-0.3, -0.25) is 0 Å². The molecule has 0 atom stereocenters. The Kier molecular flexibility index (Phi) is 4.70. The molecule has 14 heavy (non-hydrogen) atoms. The fourth-order valence-electron chi connectivity index (χ4n) is 1.26. The maximum absolute atomic E-state index is 5.81. The standard InChI is InChI=1S/C10H15ClN2O/c1-3-13(6-7-14-2)9-4-5-12-10(11)8-9/h4-5,8H,3,6-7H2,1-2H3. The van der Waals surface area contributed by atoms with Crippen molar-refractivity contribution in [3.05, 3.63) is 23.5 Å². The zero-order valence-electron chi connectivity index (χ0n) is 8.53. The maximum Gasteiger partial charge on any atom is 0.131 e. The molecule has 0 amide bonds. The molecule has 0 bridgehead atoms. The lowest BCUT2D eigenvalue weighted by Crippen LogP contribution is -2.26. The van der Waals surface area contributed by atoms with E-state index in [1.807, 2.05) is 12.1 Å². The fraction of sp³-hybridized carbons (Fsp3) is 0.500. The van der Waals surface area contributed by atoms with Gasteiger partial charge < -0.3 is 9.64 Å². The Labute approximate surface area is 89.7 Å². The van der Waals surface area contributed by atoms with E-state index in [0.29, 0.717) is 11.8 Å². The zero-order valence-corrected chi connectivity index (χ0v) is 9.29. The molecule has 1 aromatic heterocycles. The Morgan fingerprint density at radius 1 is 1.57 bits per heavy atom. The highest BCUT2D eigenvalue weighted by Crippen LogP contribution is 2.16. The third-order valence-electron chi connectivity index (χ3n) is 2.02. The molecule has 0 aliphatic carbocycles. The number of anilines is 1. The van der Waals surface area contributed by atoms with Crippen molar-refractivity contribution in [3.8, 4) is 0 Å². The van der Waals surface area contributed by atoms with E-state index < -0.39 is 0 Å². The summed E-state index contributed by atoms with van der Waals surface area (Å²) in [6.07, 6.45) is 1.72. The Balaban J connectivity index is 2.68. The number of hydrogen-bond acceptors (Lipinski definition) is 3. The third kappa shape index (κ3) is 3.16. The molecule has 4 heteroatoms. The second-order valence-corrected chi connectivity index (χ2v) is 3.30. The minimum atomic E-state index is 0.526. The molecule has 0 fully saturated rings. The molecule has 0 aliphatic rings. The average molecular weight is 215 g/mol. The molecule has 1 heterocycles. The van der Waals surface area contributed by atoms with Crippen molar-refractivity contribution in [2.75, 3.05) is 31.7 Å². The molecule has 0 radical (unpaired) electrons. The number of aromatic nitrogens is 1. The molecule has 0 aliphatic heterocycles. The van der Waals surface area contributed by atoms with Gasteiger partial charge in [0, 0.05) is 32.1 Å². The van der Waals surface area contributed by atoms with Gasteiger partial charge in [-0.05, 0) is 19.1 Å². The highest BCUT2D eigenvalue weighted by molar-refractivity contribution is 6.29. The van der Waals surface area contributed by atoms with Crippen LogP contribution in [-0.4, -0.2) is 31.8 Å². The molecule has 1 aromatic rings. The van der Waals surface area contributed by atoms with Gasteiger partial charge >= 0.3 is 0 Å². The molecule has 0 aromatic carbocycles. The summed E-state index contributed by atoms with van der Waals surface area (Å²) in [5.74, 6) is 0. The summed E-state index contributed by atoms with van der Waals surface area (Å²) in [5, 5.41) is 0.526. The first-order chi connectivity index (χ1) is 6.77. The van der Waals surface area contributed by atoms with Gasteiger partial charge in [0.1, 0.15) is 5.15 Å². The maximum atomic E-state index is 5.81. The summed E-state index contributed by atoms with van der Waals surface area (Å²) in [4.78, 5) is 6.14. The van der Waals surface area contributed by atoms with Crippen LogP contribution in [0.1, 0.15) is 6.92 Å². The number of rotatable bonds is 5. The summed E-state index contributed by atoms with van der Waals surface area (Å²) in [5.41, 5.74) is 1.09. The summed E-state index contributed by atoms with van der Waals surface area (Å²) in [6, 6.07) is 3.81. The minimum absolute atomic E-state index is 0.526. The van der Waals surface area contributed by atoms with E-state index in [-0.39, 0.29) is 0 Å². The summed E-state index contributed by atoms with van der Waals surface area (Å²) in [7, 11) is 1.70. The lowest BCUT2D eigenvalue weighted by molar-refractivity contribution is 0.205. The molecule has 0 unspecified atom stereocenters. The van der Waals surface area contributed by atoms with E-state index in [1.54, 1.807) is 13.3 Å². The fourth-order valence-corrected chi connectivity index (χ4v) is 1.43. The van der Waals surface area contributed by atoms with Crippen LogP contribution in [0, 0.1) is 0 Å². The SMILES string of the molecule is CCN(CCOC)c1ccnc(Cl)c1. The highest BCUT2D eigenvalue weighted by atomic mass is 35.5. The van der Waals surface area contributed by atoms with Crippen molar-refractivity contribution in [1.82, 2.24) is 4.98 Å². The molecular formula is C10H15ClN2O. The van der Waals surface area contributed by atoms with Crippen LogP contribution in [0.25, 0.3) is 0 Å².